The van der Waals surface area contributed by atoms with E-state index in [0.717, 1.165) is 48.4 Å². The number of carbonyl (C=O) groups is 2. The number of aromatic nitrogens is 2. The van der Waals surface area contributed by atoms with Gasteiger partial charge in [-0.05, 0) is 60.6 Å². The number of rotatable bonds is 3. The molecule has 34 heavy (non-hydrogen) atoms. The number of para-hydroxylation sites is 1. The topological polar surface area (TPSA) is 87.2 Å². The second-order valence-corrected chi connectivity index (χ2v) is 9.54. The lowest BCUT2D eigenvalue weighted by atomic mass is 9.79. The summed E-state index contributed by atoms with van der Waals surface area (Å²) in [6.45, 7) is 1.57. The third-order valence-electron chi connectivity index (χ3n) is 7.37. The molecule has 2 amide bonds. The molecule has 0 saturated carbocycles. The summed E-state index contributed by atoms with van der Waals surface area (Å²) in [4.78, 5) is 36.4. The van der Waals surface area contributed by atoms with Crippen molar-refractivity contribution in [3.05, 3.63) is 77.2 Å². The van der Waals surface area contributed by atoms with E-state index in [1.54, 1.807) is 6.07 Å². The van der Waals surface area contributed by atoms with E-state index in [-0.39, 0.29) is 11.8 Å². The smallest absolute Gasteiger partial charge is 0.272 e. The highest BCUT2D eigenvalue weighted by molar-refractivity contribution is 6.07. The Kier molecular flexibility index (Phi) is 5.05. The van der Waals surface area contributed by atoms with Crippen LogP contribution < -0.4 is 10.6 Å². The first kappa shape index (κ1) is 20.8. The summed E-state index contributed by atoms with van der Waals surface area (Å²) in [6, 6.07) is 15.9. The zero-order valence-electron chi connectivity index (χ0n) is 19.0. The van der Waals surface area contributed by atoms with E-state index < -0.39 is 5.41 Å². The lowest BCUT2D eigenvalue weighted by Crippen LogP contribution is -2.35. The molecule has 1 atom stereocenters. The molecule has 2 N–H and O–H groups in total. The van der Waals surface area contributed by atoms with Gasteiger partial charge in [-0.25, -0.2) is 9.97 Å². The molecule has 6 rings (SSSR count). The fraction of sp³-hybridized carbons (Fsp3) is 0.333. The first-order valence-electron chi connectivity index (χ1n) is 12.0. The molecule has 1 aromatic heterocycles. The normalized spacial score (nSPS) is 21.1. The highest BCUT2D eigenvalue weighted by Gasteiger charge is 2.50. The maximum absolute atomic E-state index is 13.0. The third kappa shape index (κ3) is 3.52. The first-order valence-corrected chi connectivity index (χ1v) is 12.0. The molecular formula is C27H27N5O2. The Morgan fingerprint density at radius 1 is 0.941 bits per heavy atom. The number of nitrogens with one attached hydrogen (secondary N) is 2. The molecule has 1 saturated heterocycles. The molecule has 172 valence electrons. The van der Waals surface area contributed by atoms with Crippen molar-refractivity contribution in [3.8, 4) is 0 Å². The molecule has 7 nitrogen and oxygen atoms in total. The second kappa shape index (κ2) is 8.24. The van der Waals surface area contributed by atoms with Crippen LogP contribution in [-0.2, 0) is 23.1 Å². The summed E-state index contributed by atoms with van der Waals surface area (Å²) in [7, 11) is 0. The number of hydrogen-bond donors (Lipinski definition) is 2. The maximum atomic E-state index is 13.0. The highest BCUT2D eigenvalue weighted by atomic mass is 16.2. The largest absolute Gasteiger partial charge is 0.340 e. The van der Waals surface area contributed by atoms with Crippen LogP contribution in [0.5, 0.6) is 0 Å². The number of fused-ring (bicyclic) bond motifs is 3. The van der Waals surface area contributed by atoms with Gasteiger partial charge in [0.2, 0.25) is 5.91 Å². The fourth-order valence-corrected chi connectivity index (χ4v) is 5.60. The van der Waals surface area contributed by atoms with Crippen molar-refractivity contribution in [1.29, 1.82) is 0 Å². The van der Waals surface area contributed by atoms with Crippen LogP contribution in [0.25, 0.3) is 0 Å². The molecule has 2 aromatic carbocycles. The minimum absolute atomic E-state index is 0.0332. The molecule has 1 spiro atoms. The van der Waals surface area contributed by atoms with E-state index in [9.17, 15) is 9.59 Å². The summed E-state index contributed by atoms with van der Waals surface area (Å²) in [6.07, 6.45) is 7.24. The van der Waals surface area contributed by atoms with Gasteiger partial charge in [0, 0.05) is 30.5 Å². The number of hydrogen-bond acceptors (Lipinski definition) is 5. The van der Waals surface area contributed by atoms with Crippen LogP contribution in [0.15, 0.2) is 54.9 Å². The Balaban J connectivity index is 1.22. The molecular weight excluding hydrogens is 426 g/mol. The van der Waals surface area contributed by atoms with Gasteiger partial charge in [-0.15, -0.1) is 0 Å². The summed E-state index contributed by atoms with van der Waals surface area (Å²) in [5.41, 5.74) is 5.12. The molecule has 1 aliphatic carbocycles. The summed E-state index contributed by atoms with van der Waals surface area (Å²) in [5.74, 6) is 0.630. The van der Waals surface area contributed by atoms with Crippen LogP contribution in [0.1, 0.15) is 52.9 Å². The standard InChI is InChI=1S/C27H27N5O2/c33-25(32-11-5-1-2-6-12-32)23-14-24(29-17-28-23)30-20-10-9-18-15-27(16-19(18)13-20)21-7-3-4-8-22(21)31-26(27)34/h3-4,7-10,13-14,17H,1-2,5-6,11-12,15-16H2,(H,31,34)(H,28,29,30). The van der Waals surface area contributed by atoms with Crippen LogP contribution >= 0.6 is 0 Å². The van der Waals surface area contributed by atoms with Crippen molar-refractivity contribution >= 4 is 29.0 Å². The second-order valence-electron chi connectivity index (χ2n) is 9.54. The van der Waals surface area contributed by atoms with Gasteiger partial charge >= 0.3 is 0 Å². The summed E-state index contributed by atoms with van der Waals surface area (Å²) < 4.78 is 0. The zero-order chi connectivity index (χ0) is 23.1. The fourth-order valence-electron chi connectivity index (χ4n) is 5.60. The molecule has 0 radical (unpaired) electrons. The van der Waals surface area contributed by atoms with Crippen molar-refractivity contribution in [2.45, 2.75) is 43.9 Å². The highest BCUT2D eigenvalue weighted by Crippen LogP contribution is 2.47. The number of likely N-dealkylation sites (tertiary alicyclic amines) is 1. The Hall–Kier alpha value is -3.74. The molecule has 1 unspecified atom stereocenters. The van der Waals surface area contributed by atoms with E-state index in [0.29, 0.717) is 24.4 Å². The molecule has 7 heteroatoms. The number of amides is 2. The SMILES string of the molecule is O=C(c1cc(Nc2ccc3c(c2)CC2(C3)C(=O)Nc3ccccc32)ncn1)N1CCCCCC1. The van der Waals surface area contributed by atoms with Gasteiger partial charge in [0.1, 0.15) is 17.8 Å². The minimum Gasteiger partial charge on any atom is -0.340 e. The molecule has 3 aliphatic rings. The Morgan fingerprint density at radius 3 is 2.59 bits per heavy atom. The van der Waals surface area contributed by atoms with Crippen molar-refractivity contribution in [2.24, 2.45) is 0 Å². The number of nitrogens with zero attached hydrogens (tertiary/aromatic N) is 3. The van der Waals surface area contributed by atoms with Gasteiger partial charge in [0.15, 0.2) is 0 Å². The van der Waals surface area contributed by atoms with Gasteiger partial charge in [-0.3, -0.25) is 9.59 Å². The Morgan fingerprint density at radius 2 is 1.74 bits per heavy atom. The van der Waals surface area contributed by atoms with Crippen LogP contribution in [0.4, 0.5) is 17.2 Å². The van der Waals surface area contributed by atoms with Crippen LogP contribution in [-0.4, -0.2) is 39.8 Å². The predicted molar refractivity (Wildman–Crippen MR) is 130 cm³/mol. The van der Waals surface area contributed by atoms with E-state index in [1.807, 2.05) is 29.2 Å². The van der Waals surface area contributed by atoms with E-state index in [4.69, 9.17) is 0 Å². The first-order chi connectivity index (χ1) is 16.6. The summed E-state index contributed by atoms with van der Waals surface area (Å²) in [5, 5.41) is 6.39. The van der Waals surface area contributed by atoms with E-state index >= 15 is 0 Å². The van der Waals surface area contributed by atoms with Gasteiger partial charge < -0.3 is 15.5 Å². The van der Waals surface area contributed by atoms with Crippen molar-refractivity contribution < 1.29 is 9.59 Å². The van der Waals surface area contributed by atoms with Gasteiger partial charge in [-0.1, -0.05) is 37.1 Å². The van der Waals surface area contributed by atoms with Crippen molar-refractivity contribution in [3.63, 3.8) is 0 Å². The van der Waals surface area contributed by atoms with E-state index in [2.05, 4.69) is 38.8 Å². The lowest BCUT2D eigenvalue weighted by Gasteiger charge is -2.20. The van der Waals surface area contributed by atoms with Gasteiger partial charge in [0.05, 0.1) is 5.41 Å². The predicted octanol–water partition coefficient (Wildman–Crippen LogP) is 4.23. The average molecular weight is 454 g/mol. The molecule has 1 fully saturated rings. The van der Waals surface area contributed by atoms with Crippen LogP contribution in [0.2, 0.25) is 0 Å². The number of carbonyl (C=O) groups excluding carboxylic acids is 2. The lowest BCUT2D eigenvalue weighted by molar-refractivity contribution is -0.120. The van der Waals surface area contributed by atoms with Crippen LogP contribution in [0, 0.1) is 0 Å². The Bertz CT molecular complexity index is 1280. The van der Waals surface area contributed by atoms with E-state index in [1.165, 1.54) is 24.7 Å². The average Bonchev–Trinajstić information content (AvgIpc) is 3.21. The minimum atomic E-state index is -0.529. The van der Waals surface area contributed by atoms with Gasteiger partial charge in [-0.2, -0.15) is 0 Å². The summed E-state index contributed by atoms with van der Waals surface area (Å²) >= 11 is 0. The zero-order valence-corrected chi connectivity index (χ0v) is 19.0. The molecule has 0 bridgehead atoms. The molecule has 3 aromatic rings. The Labute approximate surface area is 198 Å². The van der Waals surface area contributed by atoms with Gasteiger partial charge in [0.25, 0.3) is 5.91 Å². The van der Waals surface area contributed by atoms with Crippen molar-refractivity contribution in [2.75, 3.05) is 23.7 Å². The number of benzene rings is 2. The third-order valence-corrected chi connectivity index (χ3v) is 7.37. The molecule has 3 heterocycles. The quantitative estimate of drug-likeness (QED) is 0.620. The monoisotopic (exact) mass is 453 g/mol. The maximum Gasteiger partial charge on any atom is 0.272 e. The number of anilines is 3. The van der Waals surface area contributed by atoms with Crippen LogP contribution in [0.3, 0.4) is 0 Å². The van der Waals surface area contributed by atoms with Crippen molar-refractivity contribution in [1.82, 2.24) is 14.9 Å². The molecule has 2 aliphatic heterocycles.